The summed E-state index contributed by atoms with van der Waals surface area (Å²) in [6.07, 6.45) is 5.40. The van der Waals surface area contributed by atoms with Crippen molar-refractivity contribution in [1.82, 2.24) is 0 Å². The second-order valence-electron chi connectivity index (χ2n) is 5.58. The number of allylic oxidation sites excluding steroid dienone is 2. The van der Waals surface area contributed by atoms with Gasteiger partial charge in [-0.1, -0.05) is 31.6 Å². The minimum Gasteiger partial charge on any atom is -0.206 e. The van der Waals surface area contributed by atoms with Gasteiger partial charge in [-0.15, -0.1) is 0 Å². The second kappa shape index (κ2) is 4.04. The maximum atomic E-state index is 13.7. The molecular weight excluding hydrogens is 199 g/mol. The van der Waals surface area contributed by atoms with E-state index >= 15 is 0 Å². The van der Waals surface area contributed by atoms with E-state index in [-0.39, 0.29) is 5.82 Å². The lowest BCUT2D eigenvalue weighted by atomic mass is 9.77. The van der Waals surface area contributed by atoms with E-state index in [1.165, 1.54) is 5.57 Å². The molecule has 16 heavy (non-hydrogen) atoms. The zero-order valence-electron chi connectivity index (χ0n) is 10.3. The third-order valence-corrected chi connectivity index (χ3v) is 3.44. The first-order valence-corrected chi connectivity index (χ1v) is 5.93. The maximum absolute atomic E-state index is 13.7. The minimum atomic E-state index is -0.0865. The molecule has 86 valence electrons. The van der Waals surface area contributed by atoms with Crippen LogP contribution in [-0.2, 0) is 0 Å². The average Bonchev–Trinajstić information content (AvgIpc) is 2.22. The van der Waals surface area contributed by atoms with Crippen LogP contribution in [0.25, 0.3) is 5.57 Å². The van der Waals surface area contributed by atoms with Gasteiger partial charge in [0.15, 0.2) is 0 Å². The van der Waals surface area contributed by atoms with E-state index in [0.717, 1.165) is 30.4 Å². The number of rotatable bonds is 1. The van der Waals surface area contributed by atoms with Crippen molar-refractivity contribution >= 4 is 5.57 Å². The van der Waals surface area contributed by atoms with Crippen LogP contribution in [0.1, 0.15) is 44.2 Å². The fraction of sp³-hybridized carbons (Fsp3) is 0.467. The number of aryl methyl sites for hydroxylation is 1. The van der Waals surface area contributed by atoms with Gasteiger partial charge < -0.3 is 0 Å². The highest BCUT2D eigenvalue weighted by Crippen LogP contribution is 2.38. The molecule has 0 aliphatic heterocycles. The lowest BCUT2D eigenvalue weighted by molar-refractivity contribution is 0.334. The van der Waals surface area contributed by atoms with Crippen LogP contribution in [0.5, 0.6) is 0 Å². The summed E-state index contributed by atoms with van der Waals surface area (Å²) in [5.41, 5.74) is 3.49. The lowest BCUT2D eigenvalue weighted by Gasteiger charge is -2.28. The molecule has 0 fully saturated rings. The smallest absolute Gasteiger partial charge is 0.130 e. The van der Waals surface area contributed by atoms with Crippen LogP contribution in [0, 0.1) is 18.2 Å². The Balaban J connectivity index is 2.32. The first-order valence-electron chi connectivity index (χ1n) is 5.93. The van der Waals surface area contributed by atoms with E-state index in [4.69, 9.17) is 0 Å². The molecule has 1 aromatic carbocycles. The lowest BCUT2D eigenvalue weighted by Crippen LogP contribution is -2.14. The van der Waals surface area contributed by atoms with E-state index in [9.17, 15) is 4.39 Å². The van der Waals surface area contributed by atoms with Crippen molar-refractivity contribution in [1.29, 1.82) is 0 Å². The highest BCUT2D eigenvalue weighted by molar-refractivity contribution is 5.67. The molecule has 0 atom stereocenters. The third kappa shape index (κ3) is 2.34. The Kier molecular flexibility index (Phi) is 2.88. The molecule has 0 bridgehead atoms. The standard InChI is InChI=1S/C15H19F/c1-11-4-5-14(16)13(10-11)12-6-8-15(2,3)9-7-12/h4-6,10H,7-9H2,1-3H3. The van der Waals surface area contributed by atoms with Gasteiger partial charge in [0.1, 0.15) is 5.82 Å². The summed E-state index contributed by atoms with van der Waals surface area (Å²) in [5.74, 6) is -0.0865. The summed E-state index contributed by atoms with van der Waals surface area (Å²) in [6, 6.07) is 5.36. The van der Waals surface area contributed by atoms with Gasteiger partial charge in [0.05, 0.1) is 0 Å². The van der Waals surface area contributed by atoms with E-state index in [2.05, 4.69) is 19.9 Å². The number of benzene rings is 1. The molecule has 0 unspecified atom stereocenters. The normalized spacial score (nSPS) is 19.4. The van der Waals surface area contributed by atoms with Crippen molar-refractivity contribution in [3.8, 4) is 0 Å². The summed E-state index contributed by atoms with van der Waals surface area (Å²) in [7, 11) is 0. The van der Waals surface area contributed by atoms with Crippen molar-refractivity contribution in [3.05, 3.63) is 41.2 Å². The molecule has 0 spiro atoms. The molecule has 0 nitrogen and oxygen atoms in total. The summed E-state index contributed by atoms with van der Waals surface area (Å²) < 4.78 is 13.7. The van der Waals surface area contributed by atoms with Crippen molar-refractivity contribution in [2.45, 2.75) is 40.0 Å². The van der Waals surface area contributed by atoms with E-state index in [1.807, 2.05) is 19.1 Å². The van der Waals surface area contributed by atoms with Crippen molar-refractivity contribution < 1.29 is 4.39 Å². The predicted octanol–water partition coefficient (Wildman–Crippen LogP) is 4.73. The van der Waals surface area contributed by atoms with Gasteiger partial charge in [-0.3, -0.25) is 0 Å². The molecular formula is C15H19F. The average molecular weight is 218 g/mol. The Hall–Kier alpha value is -1.11. The molecule has 0 N–H and O–H groups in total. The third-order valence-electron chi connectivity index (χ3n) is 3.44. The van der Waals surface area contributed by atoms with Gasteiger partial charge in [0, 0.05) is 5.56 Å². The molecule has 0 heterocycles. The first kappa shape index (κ1) is 11.4. The Labute approximate surface area is 97.2 Å². The zero-order chi connectivity index (χ0) is 11.8. The number of hydrogen-bond acceptors (Lipinski definition) is 0. The Morgan fingerprint density at radius 2 is 2.00 bits per heavy atom. The van der Waals surface area contributed by atoms with Crippen LogP contribution in [0.4, 0.5) is 4.39 Å². The Morgan fingerprint density at radius 3 is 2.62 bits per heavy atom. The highest BCUT2D eigenvalue weighted by Gasteiger charge is 2.22. The van der Waals surface area contributed by atoms with Gasteiger partial charge in [0.25, 0.3) is 0 Å². The van der Waals surface area contributed by atoms with Crippen molar-refractivity contribution in [2.24, 2.45) is 5.41 Å². The first-order chi connectivity index (χ1) is 7.48. The van der Waals surface area contributed by atoms with Gasteiger partial charge in [0.2, 0.25) is 0 Å². The molecule has 1 heteroatoms. The molecule has 0 aromatic heterocycles. The molecule has 1 aromatic rings. The Morgan fingerprint density at radius 1 is 1.25 bits per heavy atom. The zero-order valence-corrected chi connectivity index (χ0v) is 10.3. The molecule has 0 saturated carbocycles. The topological polar surface area (TPSA) is 0 Å². The number of halogens is 1. The Bertz CT molecular complexity index is 427. The van der Waals surface area contributed by atoms with E-state index in [1.54, 1.807) is 6.07 Å². The van der Waals surface area contributed by atoms with E-state index < -0.39 is 0 Å². The number of hydrogen-bond donors (Lipinski definition) is 0. The summed E-state index contributed by atoms with van der Waals surface area (Å²) in [6.45, 7) is 6.55. The van der Waals surface area contributed by atoms with Gasteiger partial charge in [-0.25, -0.2) is 4.39 Å². The largest absolute Gasteiger partial charge is 0.206 e. The molecule has 0 saturated heterocycles. The van der Waals surface area contributed by atoms with Gasteiger partial charge in [-0.05, 0) is 49.3 Å². The molecule has 0 amide bonds. The maximum Gasteiger partial charge on any atom is 0.130 e. The second-order valence-corrected chi connectivity index (χ2v) is 5.58. The molecule has 0 radical (unpaired) electrons. The van der Waals surface area contributed by atoms with Gasteiger partial charge >= 0.3 is 0 Å². The summed E-state index contributed by atoms with van der Waals surface area (Å²) in [4.78, 5) is 0. The quantitative estimate of drug-likeness (QED) is 0.639. The van der Waals surface area contributed by atoms with Crippen LogP contribution < -0.4 is 0 Å². The monoisotopic (exact) mass is 218 g/mol. The predicted molar refractivity (Wildman–Crippen MR) is 66.7 cm³/mol. The summed E-state index contributed by atoms with van der Waals surface area (Å²) >= 11 is 0. The SMILES string of the molecule is Cc1ccc(F)c(C2=CCC(C)(C)CC2)c1. The van der Waals surface area contributed by atoms with Crippen LogP contribution in [0.15, 0.2) is 24.3 Å². The minimum absolute atomic E-state index is 0.0865. The van der Waals surface area contributed by atoms with E-state index in [0.29, 0.717) is 5.41 Å². The van der Waals surface area contributed by atoms with Crippen LogP contribution >= 0.6 is 0 Å². The van der Waals surface area contributed by atoms with Crippen molar-refractivity contribution in [3.63, 3.8) is 0 Å². The van der Waals surface area contributed by atoms with Crippen LogP contribution in [0.2, 0.25) is 0 Å². The fourth-order valence-electron chi connectivity index (χ4n) is 2.21. The summed E-state index contributed by atoms with van der Waals surface area (Å²) in [5, 5.41) is 0. The van der Waals surface area contributed by atoms with Gasteiger partial charge in [-0.2, -0.15) is 0 Å². The molecule has 2 rings (SSSR count). The molecule has 1 aliphatic rings. The fourth-order valence-corrected chi connectivity index (χ4v) is 2.21. The van der Waals surface area contributed by atoms with Crippen molar-refractivity contribution in [2.75, 3.05) is 0 Å². The molecule has 1 aliphatic carbocycles. The van der Waals surface area contributed by atoms with Crippen LogP contribution in [0.3, 0.4) is 0 Å². The van der Waals surface area contributed by atoms with Crippen LogP contribution in [-0.4, -0.2) is 0 Å². The highest BCUT2D eigenvalue weighted by atomic mass is 19.1.